The third kappa shape index (κ3) is 3.03. The maximum atomic E-state index is 13.6. The Morgan fingerprint density at radius 3 is 1.97 bits per heavy atom. The van der Waals surface area contributed by atoms with Crippen LogP contribution in [0.1, 0.15) is 29.9 Å². The molecule has 35 heavy (non-hydrogen) atoms. The second kappa shape index (κ2) is 7.64. The molecule has 6 aliphatic rings. The standard InChI is InChI=1S/C30H30N2O3/c1-31(20-14-19(15-20)18-10-6-3-7-11-18)28(33)27-23-21-12-13-22(24(23)27)26-25(21)29(34)32(30(26)35)16-17-8-4-2-5-9-17/h2-13,19-27H,14-16H2,1H3. The quantitative estimate of drug-likeness (QED) is 0.497. The van der Waals surface area contributed by atoms with Gasteiger partial charge in [-0.2, -0.15) is 0 Å². The third-order valence-corrected chi connectivity index (χ3v) is 9.64. The predicted molar refractivity (Wildman–Crippen MR) is 131 cm³/mol. The van der Waals surface area contributed by atoms with Crippen molar-refractivity contribution in [2.45, 2.75) is 31.3 Å². The lowest BCUT2D eigenvalue weighted by molar-refractivity contribution is -0.141. The molecule has 0 N–H and O–H groups in total. The number of imide groups is 1. The van der Waals surface area contributed by atoms with Gasteiger partial charge >= 0.3 is 0 Å². The van der Waals surface area contributed by atoms with Crippen LogP contribution in [0.2, 0.25) is 0 Å². The number of carbonyl (C=O) groups excluding carboxylic acids is 3. The molecule has 8 rings (SSSR count). The van der Waals surface area contributed by atoms with Crippen molar-refractivity contribution in [2.24, 2.45) is 41.4 Å². The molecule has 5 nitrogen and oxygen atoms in total. The van der Waals surface area contributed by atoms with Crippen LogP contribution in [-0.4, -0.2) is 40.6 Å². The summed E-state index contributed by atoms with van der Waals surface area (Å²) in [6, 6.07) is 20.6. The molecule has 6 unspecified atom stereocenters. The van der Waals surface area contributed by atoms with E-state index in [0.717, 1.165) is 18.4 Å². The average Bonchev–Trinajstić information content (AvgIpc) is 3.58. The predicted octanol–water partition coefficient (Wildman–Crippen LogP) is 3.87. The van der Waals surface area contributed by atoms with E-state index < -0.39 is 0 Å². The van der Waals surface area contributed by atoms with Crippen molar-refractivity contribution in [3.63, 3.8) is 0 Å². The van der Waals surface area contributed by atoms with Gasteiger partial charge in [0.2, 0.25) is 17.7 Å². The fourth-order valence-electron chi connectivity index (χ4n) is 7.73. The highest BCUT2D eigenvalue weighted by atomic mass is 16.2. The van der Waals surface area contributed by atoms with Crippen molar-refractivity contribution in [1.29, 1.82) is 0 Å². The van der Waals surface area contributed by atoms with Crippen molar-refractivity contribution in [3.05, 3.63) is 83.9 Å². The number of hydrogen-bond donors (Lipinski definition) is 0. The number of carbonyl (C=O) groups is 3. The van der Waals surface area contributed by atoms with Crippen LogP contribution in [0, 0.1) is 41.4 Å². The normalized spacial score (nSPS) is 38.1. The SMILES string of the molecule is CN(C(=O)C1C2C3C=CC(C4C(=O)N(Cc5ccccc5)C(=O)C34)C12)C1CC(c2ccccc2)C1. The van der Waals surface area contributed by atoms with Gasteiger partial charge in [0, 0.05) is 19.0 Å². The van der Waals surface area contributed by atoms with Crippen molar-refractivity contribution in [3.8, 4) is 0 Å². The van der Waals surface area contributed by atoms with E-state index in [2.05, 4.69) is 36.4 Å². The Bertz CT molecular complexity index is 1180. The highest BCUT2D eigenvalue weighted by Gasteiger charge is 2.73. The lowest BCUT2D eigenvalue weighted by atomic mass is 9.63. The zero-order valence-corrected chi connectivity index (χ0v) is 19.9. The highest BCUT2D eigenvalue weighted by molar-refractivity contribution is 6.06. The number of likely N-dealkylation sites (tertiary alicyclic amines) is 1. The Morgan fingerprint density at radius 2 is 1.40 bits per heavy atom. The molecule has 1 saturated heterocycles. The minimum absolute atomic E-state index is 0.00744. The summed E-state index contributed by atoms with van der Waals surface area (Å²) in [5.74, 6) is 0.455. The molecular weight excluding hydrogens is 436 g/mol. The second-order valence-electron chi connectivity index (χ2n) is 11.2. The highest BCUT2D eigenvalue weighted by Crippen LogP contribution is 2.69. The molecular formula is C30H30N2O3. The van der Waals surface area contributed by atoms with Gasteiger partial charge in [-0.3, -0.25) is 19.3 Å². The Labute approximate surface area is 205 Å². The number of hydrogen-bond acceptors (Lipinski definition) is 3. The molecule has 4 fully saturated rings. The molecule has 2 aromatic rings. The molecule has 1 heterocycles. The van der Waals surface area contributed by atoms with E-state index in [-0.39, 0.29) is 65.2 Å². The van der Waals surface area contributed by atoms with Gasteiger partial charge in [0.15, 0.2) is 0 Å². The van der Waals surface area contributed by atoms with Crippen molar-refractivity contribution in [1.82, 2.24) is 9.80 Å². The summed E-state index contributed by atoms with van der Waals surface area (Å²) >= 11 is 0. The first-order chi connectivity index (χ1) is 17.0. The van der Waals surface area contributed by atoms with Crippen LogP contribution in [0.5, 0.6) is 0 Å². The van der Waals surface area contributed by atoms with Gasteiger partial charge in [0.25, 0.3) is 0 Å². The van der Waals surface area contributed by atoms with Gasteiger partial charge in [-0.1, -0.05) is 72.8 Å². The number of rotatable bonds is 5. The largest absolute Gasteiger partial charge is 0.342 e. The second-order valence-corrected chi connectivity index (χ2v) is 11.2. The molecule has 3 saturated carbocycles. The average molecular weight is 467 g/mol. The minimum atomic E-state index is -0.295. The number of nitrogens with zero attached hydrogens (tertiary/aromatic N) is 2. The van der Waals surface area contributed by atoms with E-state index in [9.17, 15) is 14.4 Å². The molecule has 5 aliphatic carbocycles. The van der Waals surface area contributed by atoms with Crippen LogP contribution in [0.25, 0.3) is 0 Å². The van der Waals surface area contributed by atoms with Gasteiger partial charge < -0.3 is 4.90 Å². The summed E-state index contributed by atoms with van der Waals surface area (Å²) in [5.41, 5.74) is 2.33. The first-order valence-corrected chi connectivity index (χ1v) is 12.9. The summed E-state index contributed by atoms with van der Waals surface area (Å²) in [5, 5.41) is 0. The molecule has 1 aliphatic heterocycles. The van der Waals surface area contributed by atoms with Crippen LogP contribution in [0.15, 0.2) is 72.8 Å². The molecule has 5 heteroatoms. The van der Waals surface area contributed by atoms with Gasteiger partial charge in [-0.15, -0.1) is 0 Å². The van der Waals surface area contributed by atoms with Crippen LogP contribution < -0.4 is 0 Å². The summed E-state index contributed by atoms with van der Waals surface area (Å²) in [7, 11) is 1.95. The van der Waals surface area contributed by atoms with E-state index in [1.807, 2.05) is 48.3 Å². The number of amides is 3. The molecule has 0 radical (unpaired) electrons. The molecule has 0 spiro atoms. The molecule has 6 atom stereocenters. The monoisotopic (exact) mass is 466 g/mol. The zero-order chi connectivity index (χ0) is 23.8. The van der Waals surface area contributed by atoms with Crippen LogP contribution >= 0.6 is 0 Å². The van der Waals surface area contributed by atoms with E-state index in [0.29, 0.717) is 12.5 Å². The summed E-state index contributed by atoms with van der Waals surface area (Å²) < 4.78 is 0. The molecule has 0 aromatic heterocycles. The minimum Gasteiger partial charge on any atom is -0.342 e. The lowest BCUT2D eigenvalue weighted by Crippen LogP contribution is -2.45. The number of allylic oxidation sites excluding steroid dienone is 2. The van der Waals surface area contributed by atoms with Crippen molar-refractivity contribution >= 4 is 17.7 Å². The first-order valence-electron chi connectivity index (χ1n) is 12.9. The van der Waals surface area contributed by atoms with Gasteiger partial charge in [-0.25, -0.2) is 0 Å². The van der Waals surface area contributed by atoms with Gasteiger partial charge in [0.05, 0.1) is 18.4 Å². The van der Waals surface area contributed by atoms with Crippen LogP contribution in [0.4, 0.5) is 0 Å². The summed E-state index contributed by atoms with van der Waals surface area (Å²) in [6.07, 6.45) is 6.31. The van der Waals surface area contributed by atoms with Crippen molar-refractivity contribution < 1.29 is 14.4 Å². The first kappa shape index (κ1) is 21.1. The maximum absolute atomic E-state index is 13.6. The lowest BCUT2D eigenvalue weighted by Gasteiger charge is -2.41. The smallest absolute Gasteiger partial charge is 0.234 e. The Morgan fingerprint density at radius 1 is 0.857 bits per heavy atom. The summed E-state index contributed by atoms with van der Waals surface area (Å²) in [4.78, 5) is 43.9. The number of benzene rings is 2. The summed E-state index contributed by atoms with van der Waals surface area (Å²) in [6.45, 7) is 0.343. The topological polar surface area (TPSA) is 57.7 Å². The molecule has 2 bridgehead atoms. The van der Waals surface area contributed by atoms with Crippen molar-refractivity contribution in [2.75, 3.05) is 7.05 Å². The molecule has 2 aromatic carbocycles. The third-order valence-electron chi connectivity index (χ3n) is 9.64. The van der Waals surface area contributed by atoms with Crippen LogP contribution in [0.3, 0.4) is 0 Å². The Hall–Kier alpha value is -3.21. The fraction of sp³-hybridized carbons (Fsp3) is 0.433. The molecule has 3 amide bonds. The van der Waals surface area contributed by atoms with E-state index in [4.69, 9.17) is 0 Å². The van der Waals surface area contributed by atoms with E-state index in [1.165, 1.54) is 10.5 Å². The molecule has 178 valence electrons. The van der Waals surface area contributed by atoms with Gasteiger partial charge in [-0.05, 0) is 53.6 Å². The van der Waals surface area contributed by atoms with Crippen LogP contribution in [-0.2, 0) is 20.9 Å². The van der Waals surface area contributed by atoms with Gasteiger partial charge in [0.1, 0.15) is 0 Å². The van der Waals surface area contributed by atoms with E-state index >= 15 is 0 Å². The Kier molecular flexibility index (Phi) is 4.61. The van der Waals surface area contributed by atoms with E-state index in [1.54, 1.807) is 0 Å². The fourth-order valence-corrected chi connectivity index (χ4v) is 7.73. The maximum Gasteiger partial charge on any atom is 0.234 e. The zero-order valence-electron chi connectivity index (χ0n) is 19.9. The Balaban J connectivity index is 1.05.